The van der Waals surface area contributed by atoms with Crippen LogP contribution in [0.1, 0.15) is 6.92 Å². The quantitative estimate of drug-likeness (QED) is 0.548. The van der Waals surface area contributed by atoms with E-state index in [-0.39, 0.29) is 4.90 Å². The summed E-state index contributed by atoms with van der Waals surface area (Å²) in [7, 11) is -3.42. The van der Waals surface area contributed by atoms with Crippen molar-refractivity contribution in [3.63, 3.8) is 0 Å². The molecule has 1 heterocycles. The van der Waals surface area contributed by atoms with Crippen LogP contribution in [-0.2, 0) is 10.0 Å². The van der Waals surface area contributed by atoms with Gasteiger partial charge in [-0.25, -0.2) is 0 Å². The molecule has 1 aromatic heterocycles. The molecule has 0 aliphatic carbocycles. The van der Waals surface area contributed by atoms with Crippen LogP contribution in [0.2, 0.25) is 19.5 Å². The standard InChI is InChI=1S/C9H12ClN2O2S.2CH3.Sn/c1-3-12(4-2)15(13,14)8-5-6-9(10)11-7-8;;;/h5-7H,1,3-4H2,2H3;2*1H3;. The van der Waals surface area contributed by atoms with Crippen LogP contribution in [-0.4, -0.2) is 50.6 Å². The molecule has 18 heavy (non-hydrogen) atoms. The van der Waals surface area contributed by atoms with E-state index in [0.29, 0.717) is 18.2 Å². The zero-order chi connectivity index (χ0) is 13.8. The molecule has 1 radical (unpaired) electrons. The van der Waals surface area contributed by atoms with E-state index >= 15 is 0 Å². The maximum absolute atomic E-state index is 12.4. The first kappa shape index (κ1) is 16.2. The fraction of sp³-hybridized carbons (Fsp3) is 0.545. The third-order valence-corrected chi connectivity index (χ3v) is 8.23. The number of hydrogen-bond acceptors (Lipinski definition) is 3. The first-order valence-electron chi connectivity index (χ1n) is 5.78. The van der Waals surface area contributed by atoms with Crippen molar-refractivity contribution in [2.75, 3.05) is 13.1 Å². The molecule has 1 rings (SSSR count). The van der Waals surface area contributed by atoms with Gasteiger partial charge in [-0.3, -0.25) is 0 Å². The minimum atomic E-state index is -3.42. The number of hydrogen-bond donors (Lipinski definition) is 0. The van der Waals surface area contributed by atoms with Gasteiger partial charge in [0.1, 0.15) is 0 Å². The van der Waals surface area contributed by atoms with Crippen LogP contribution in [0.15, 0.2) is 23.2 Å². The number of nitrogens with zero attached hydrogens (tertiary/aromatic N) is 2. The molecule has 0 bridgehead atoms. The van der Waals surface area contributed by atoms with Crippen molar-refractivity contribution in [3.8, 4) is 0 Å². The number of aromatic nitrogens is 1. The summed E-state index contributed by atoms with van der Waals surface area (Å²) in [4.78, 5) is 8.58. The fourth-order valence-corrected chi connectivity index (χ4v) is 5.48. The summed E-state index contributed by atoms with van der Waals surface area (Å²) in [6.45, 7) is 2.96. The van der Waals surface area contributed by atoms with Gasteiger partial charge in [-0.05, 0) is 0 Å². The van der Waals surface area contributed by atoms with Crippen molar-refractivity contribution >= 4 is 41.4 Å². The molecule has 0 unspecified atom stereocenters. The van der Waals surface area contributed by atoms with E-state index in [1.165, 1.54) is 22.6 Å². The second kappa shape index (κ2) is 7.07. The van der Waals surface area contributed by atoms with Gasteiger partial charge in [-0.1, -0.05) is 0 Å². The van der Waals surface area contributed by atoms with Gasteiger partial charge in [-0.15, -0.1) is 0 Å². The van der Waals surface area contributed by atoms with Crippen LogP contribution in [0.5, 0.6) is 0 Å². The van der Waals surface area contributed by atoms with Gasteiger partial charge < -0.3 is 0 Å². The molecule has 0 N–H and O–H groups in total. The first-order valence-corrected chi connectivity index (χ1v) is 15.3. The summed E-state index contributed by atoms with van der Waals surface area (Å²) in [5, 5.41) is 0.301. The summed E-state index contributed by atoms with van der Waals surface area (Å²) >= 11 is 4.40. The van der Waals surface area contributed by atoms with Crippen LogP contribution in [0.25, 0.3) is 0 Å². The predicted molar refractivity (Wildman–Crippen MR) is 76.0 cm³/mol. The van der Waals surface area contributed by atoms with E-state index < -0.39 is 29.8 Å². The van der Waals surface area contributed by atoms with Crippen LogP contribution in [0.4, 0.5) is 0 Å². The molecule has 0 aromatic carbocycles. The molecular formula is C11H18ClN2O2SSn. The zero-order valence-electron chi connectivity index (χ0n) is 10.9. The van der Waals surface area contributed by atoms with Gasteiger partial charge in [0, 0.05) is 0 Å². The molecule has 0 saturated carbocycles. The zero-order valence-corrected chi connectivity index (χ0v) is 15.3. The maximum atomic E-state index is 12.4. The number of sulfonamides is 1. The average Bonchev–Trinajstić information content (AvgIpc) is 2.29. The number of halogens is 1. The second-order valence-corrected chi connectivity index (χ2v) is 14.9. The van der Waals surface area contributed by atoms with Crippen LogP contribution in [0.3, 0.4) is 0 Å². The Kier molecular flexibility index (Phi) is 6.37. The molecule has 0 aliphatic rings. The summed E-state index contributed by atoms with van der Waals surface area (Å²) < 4.78 is 27.3. The van der Waals surface area contributed by atoms with E-state index in [0.717, 1.165) is 4.44 Å². The summed E-state index contributed by atoms with van der Waals surface area (Å²) in [5.74, 6) is 0. The minimum absolute atomic E-state index is 0.214. The molecule has 7 heteroatoms. The van der Waals surface area contributed by atoms with Crippen LogP contribution in [0, 0.1) is 0 Å². The molecule has 1 aromatic rings. The third-order valence-electron chi connectivity index (χ3n) is 2.55. The Morgan fingerprint density at radius 2 is 2.06 bits per heavy atom. The van der Waals surface area contributed by atoms with Gasteiger partial charge in [0.15, 0.2) is 0 Å². The summed E-state index contributed by atoms with van der Waals surface area (Å²) in [5.41, 5.74) is 0. The molecule has 4 nitrogen and oxygen atoms in total. The summed E-state index contributed by atoms with van der Waals surface area (Å²) in [6, 6.07) is 3.01. The van der Waals surface area contributed by atoms with Crippen molar-refractivity contribution in [1.29, 1.82) is 0 Å². The molecule has 0 saturated heterocycles. The van der Waals surface area contributed by atoms with Crippen LogP contribution < -0.4 is 0 Å². The van der Waals surface area contributed by atoms with Gasteiger partial charge in [0.25, 0.3) is 0 Å². The molecule has 0 fully saturated rings. The molecule has 0 amide bonds. The second-order valence-electron chi connectivity index (χ2n) is 4.27. The van der Waals surface area contributed by atoms with E-state index in [2.05, 4.69) is 14.9 Å². The predicted octanol–water partition coefficient (Wildman–Crippen LogP) is 2.50. The third kappa shape index (κ3) is 4.36. The topological polar surface area (TPSA) is 50.3 Å². The molecular weight excluding hydrogens is 378 g/mol. The Hall–Kier alpha value is 0.149. The Balaban J connectivity index is 2.92. The molecule has 0 aliphatic heterocycles. The Bertz CT molecular complexity index is 476. The number of rotatable bonds is 6. The van der Waals surface area contributed by atoms with E-state index in [4.69, 9.17) is 11.6 Å². The molecule has 0 atom stereocenters. The van der Waals surface area contributed by atoms with Crippen molar-refractivity contribution in [3.05, 3.63) is 23.5 Å². The van der Waals surface area contributed by atoms with E-state index in [1.54, 1.807) is 0 Å². The van der Waals surface area contributed by atoms with Gasteiger partial charge >= 0.3 is 122 Å². The van der Waals surface area contributed by atoms with Gasteiger partial charge in [0.05, 0.1) is 0 Å². The SMILES string of the molecule is CCN(C[CH2][Sn]([CH3])[CH3])S(=O)(=O)c1ccc(Cl)nc1. The first-order chi connectivity index (χ1) is 8.37. The normalized spacial score (nSPS) is 12.3. The number of pyridine rings is 1. The van der Waals surface area contributed by atoms with Crippen molar-refractivity contribution in [1.82, 2.24) is 9.29 Å². The fourth-order valence-electron chi connectivity index (χ4n) is 1.46. The monoisotopic (exact) mass is 397 g/mol. The van der Waals surface area contributed by atoms with E-state index in [1.807, 2.05) is 6.92 Å². The van der Waals surface area contributed by atoms with Crippen molar-refractivity contribution in [2.24, 2.45) is 0 Å². The summed E-state index contributed by atoms with van der Waals surface area (Å²) in [6.07, 6.45) is 1.32. The van der Waals surface area contributed by atoms with Gasteiger partial charge in [-0.2, -0.15) is 0 Å². The van der Waals surface area contributed by atoms with Gasteiger partial charge in [0.2, 0.25) is 0 Å². The molecule has 0 spiro atoms. The Labute approximate surface area is 121 Å². The van der Waals surface area contributed by atoms with Crippen LogP contribution >= 0.6 is 11.6 Å². The van der Waals surface area contributed by atoms with E-state index in [9.17, 15) is 8.42 Å². The Morgan fingerprint density at radius 1 is 1.39 bits per heavy atom. The van der Waals surface area contributed by atoms with Crippen molar-refractivity contribution < 1.29 is 8.42 Å². The average molecular weight is 397 g/mol. The van der Waals surface area contributed by atoms with Crippen molar-refractivity contribution in [2.45, 2.75) is 26.1 Å². The Morgan fingerprint density at radius 3 is 2.50 bits per heavy atom. The molecule has 101 valence electrons.